The molecule has 0 bridgehead atoms. The van der Waals surface area contributed by atoms with Crippen molar-refractivity contribution >= 4 is 0 Å². The van der Waals surface area contributed by atoms with Crippen LogP contribution in [-0.2, 0) is 0 Å². The molecule has 18 heavy (non-hydrogen) atoms. The maximum absolute atomic E-state index is 9.05. The zero-order chi connectivity index (χ0) is 13.4. The SMILES string of the molecule is CCC1CCCN(CCCC(N)(C#N)CC)CC1. The molecule has 2 N–H and O–H groups in total. The summed E-state index contributed by atoms with van der Waals surface area (Å²) in [6.07, 6.45) is 8.02. The maximum Gasteiger partial charge on any atom is 0.104 e. The van der Waals surface area contributed by atoms with Gasteiger partial charge in [0.1, 0.15) is 5.54 Å². The first-order valence-corrected chi connectivity index (χ1v) is 7.56. The molecule has 1 rings (SSSR count). The number of rotatable bonds is 6. The quantitative estimate of drug-likeness (QED) is 0.789. The summed E-state index contributed by atoms with van der Waals surface area (Å²) in [5, 5.41) is 9.05. The minimum absolute atomic E-state index is 0.599. The van der Waals surface area contributed by atoms with Crippen molar-refractivity contribution < 1.29 is 0 Å². The van der Waals surface area contributed by atoms with E-state index < -0.39 is 5.54 Å². The van der Waals surface area contributed by atoms with Crippen molar-refractivity contribution in [2.45, 2.75) is 64.3 Å². The predicted molar refractivity (Wildman–Crippen MR) is 76.1 cm³/mol. The summed E-state index contributed by atoms with van der Waals surface area (Å²) in [6, 6.07) is 2.25. The smallest absolute Gasteiger partial charge is 0.104 e. The molecule has 0 amide bonds. The van der Waals surface area contributed by atoms with E-state index in [1.54, 1.807) is 0 Å². The lowest BCUT2D eigenvalue weighted by Gasteiger charge is -2.23. The van der Waals surface area contributed by atoms with Crippen LogP contribution in [0.5, 0.6) is 0 Å². The zero-order valence-corrected chi connectivity index (χ0v) is 12.1. The largest absolute Gasteiger partial charge is 0.313 e. The van der Waals surface area contributed by atoms with E-state index in [2.05, 4.69) is 17.9 Å². The summed E-state index contributed by atoms with van der Waals surface area (Å²) < 4.78 is 0. The second-order valence-corrected chi connectivity index (χ2v) is 5.77. The van der Waals surface area contributed by atoms with Crippen LogP contribution in [-0.4, -0.2) is 30.1 Å². The van der Waals surface area contributed by atoms with Crippen LogP contribution in [0.15, 0.2) is 0 Å². The Kier molecular flexibility index (Phi) is 6.67. The van der Waals surface area contributed by atoms with E-state index in [-0.39, 0.29) is 0 Å². The minimum atomic E-state index is -0.599. The molecule has 1 aliphatic rings. The number of nitrogens with zero attached hydrogens (tertiary/aromatic N) is 2. The normalized spacial score (nSPS) is 25.1. The van der Waals surface area contributed by atoms with Crippen molar-refractivity contribution in [3.63, 3.8) is 0 Å². The van der Waals surface area contributed by atoms with Crippen LogP contribution in [0.25, 0.3) is 0 Å². The average molecular weight is 251 g/mol. The Morgan fingerprint density at radius 3 is 2.72 bits per heavy atom. The lowest BCUT2D eigenvalue weighted by molar-refractivity contribution is 0.266. The number of nitriles is 1. The van der Waals surface area contributed by atoms with Crippen molar-refractivity contribution in [2.75, 3.05) is 19.6 Å². The van der Waals surface area contributed by atoms with E-state index in [1.165, 1.54) is 38.8 Å². The highest BCUT2D eigenvalue weighted by atomic mass is 15.1. The summed E-state index contributed by atoms with van der Waals surface area (Å²) in [5.74, 6) is 0.929. The molecule has 1 saturated heterocycles. The van der Waals surface area contributed by atoms with E-state index in [9.17, 15) is 0 Å². The van der Waals surface area contributed by atoms with Crippen molar-refractivity contribution in [2.24, 2.45) is 11.7 Å². The van der Waals surface area contributed by atoms with Gasteiger partial charge in [-0.2, -0.15) is 5.26 Å². The van der Waals surface area contributed by atoms with E-state index in [1.807, 2.05) is 6.92 Å². The number of nitrogens with two attached hydrogens (primary N) is 1. The second kappa shape index (κ2) is 7.76. The molecule has 1 fully saturated rings. The standard InChI is InChI=1S/C15H29N3/c1-3-14-7-5-10-18(12-8-14)11-6-9-15(17,4-2)13-16/h14H,3-12,17H2,1-2H3. The van der Waals surface area contributed by atoms with Gasteiger partial charge >= 0.3 is 0 Å². The van der Waals surface area contributed by atoms with Gasteiger partial charge in [-0.1, -0.05) is 20.3 Å². The Labute approximate surface area is 112 Å². The molecule has 104 valence electrons. The van der Waals surface area contributed by atoms with Gasteiger partial charge in [0.25, 0.3) is 0 Å². The van der Waals surface area contributed by atoms with E-state index in [0.717, 1.165) is 31.7 Å². The summed E-state index contributed by atoms with van der Waals surface area (Å²) in [7, 11) is 0. The van der Waals surface area contributed by atoms with Gasteiger partial charge in [0.15, 0.2) is 0 Å². The van der Waals surface area contributed by atoms with Gasteiger partial charge in [-0.15, -0.1) is 0 Å². The van der Waals surface area contributed by atoms with Gasteiger partial charge in [0, 0.05) is 0 Å². The summed E-state index contributed by atoms with van der Waals surface area (Å²) in [5.41, 5.74) is 5.41. The van der Waals surface area contributed by atoms with Crippen LogP contribution in [0.2, 0.25) is 0 Å². The second-order valence-electron chi connectivity index (χ2n) is 5.77. The van der Waals surface area contributed by atoms with Crippen LogP contribution in [0.4, 0.5) is 0 Å². The monoisotopic (exact) mass is 251 g/mol. The molecule has 0 aromatic heterocycles. The van der Waals surface area contributed by atoms with Gasteiger partial charge in [0.2, 0.25) is 0 Å². The van der Waals surface area contributed by atoms with Crippen LogP contribution in [0.3, 0.4) is 0 Å². The van der Waals surface area contributed by atoms with E-state index in [0.29, 0.717) is 0 Å². The molecule has 0 aliphatic carbocycles. The molecular formula is C15H29N3. The van der Waals surface area contributed by atoms with Crippen molar-refractivity contribution in [1.82, 2.24) is 4.90 Å². The summed E-state index contributed by atoms with van der Waals surface area (Å²) in [4.78, 5) is 2.56. The fraction of sp³-hybridized carbons (Fsp3) is 0.933. The van der Waals surface area contributed by atoms with E-state index >= 15 is 0 Å². The van der Waals surface area contributed by atoms with Gasteiger partial charge in [-0.05, 0) is 64.1 Å². The molecular weight excluding hydrogens is 222 g/mol. The number of likely N-dealkylation sites (tertiary alicyclic amines) is 1. The highest BCUT2D eigenvalue weighted by molar-refractivity contribution is 5.03. The van der Waals surface area contributed by atoms with Crippen LogP contribution in [0, 0.1) is 17.2 Å². The van der Waals surface area contributed by atoms with Crippen LogP contribution in [0.1, 0.15) is 58.8 Å². The summed E-state index contributed by atoms with van der Waals surface area (Å²) >= 11 is 0. The summed E-state index contributed by atoms with van der Waals surface area (Å²) in [6.45, 7) is 7.87. The molecule has 2 atom stereocenters. The highest BCUT2D eigenvalue weighted by Gasteiger charge is 2.22. The number of hydrogen-bond donors (Lipinski definition) is 1. The molecule has 0 radical (unpaired) electrons. The molecule has 0 aromatic rings. The van der Waals surface area contributed by atoms with Gasteiger partial charge in [-0.25, -0.2) is 0 Å². The van der Waals surface area contributed by atoms with E-state index in [4.69, 9.17) is 11.0 Å². The van der Waals surface area contributed by atoms with Gasteiger partial charge in [-0.3, -0.25) is 0 Å². The van der Waals surface area contributed by atoms with Crippen molar-refractivity contribution in [3.8, 4) is 6.07 Å². The molecule has 0 aromatic carbocycles. The predicted octanol–water partition coefficient (Wildman–Crippen LogP) is 2.91. The fourth-order valence-electron chi connectivity index (χ4n) is 2.79. The maximum atomic E-state index is 9.05. The molecule has 1 aliphatic heterocycles. The Morgan fingerprint density at radius 2 is 2.11 bits per heavy atom. The van der Waals surface area contributed by atoms with Gasteiger partial charge < -0.3 is 10.6 Å². The molecule has 1 heterocycles. The first kappa shape index (κ1) is 15.5. The third kappa shape index (κ3) is 4.96. The lowest BCUT2D eigenvalue weighted by atomic mass is 9.93. The Bertz CT molecular complexity index is 271. The average Bonchev–Trinajstić information content (AvgIpc) is 2.63. The molecule has 3 heteroatoms. The number of hydrogen-bond acceptors (Lipinski definition) is 3. The molecule has 0 saturated carbocycles. The Balaban J connectivity index is 2.25. The lowest BCUT2D eigenvalue weighted by Crippen LogP contribution is -2.38. The Morgan fingerprint density at radius 1 is 1.33 bits per heavy atom. The van der Waals surface area contributed by atoms with Gasteiger partial charge in [0.05, 0.1) is 6.07 Å². The third-order valence-electron chi connectivity index (χ3n) is 4.47. The fourth-order valence-corrected chi connectivity index (χ4v) is 2.79. The molecule has 2 unspecified atom stereocenters. The first-order valence-electron chi connectivity index (χ1n) is 7.56. The topological polar surface area (TPSA) is 53.0 Å². The minimum Gasteiger partial charge on any atom is -0.313 e. The zero-order valence-electron chi connectivity index (χ0n) is 12.1. The Hall–Kier alpha value is -0.590. The highest BCUT2D eigenvalue weighted by Crippen LogP contribution is 2.21. The van der Waals surface area contributed by atoms with Crippen LogP contribution < -0.4 is 5.73 Å². The van der Waals surface area contributed by atoms with Crippen LogP contribution >= 0.6 is 0 Å². The first-order chi connectivity index (χ1) is 8.63. The van der Waals surface area contributed by atoms with Crippen molar-refractivity contribution in [3.05, 3.63) is 0 Å². The van der Waals surface area contributed by atoms with Crippen molar-refractivity contribution in [1.29, 1.82) is 5.26 Å². The molecule has 3 nitrogen and oxygen atoms in total. The molecule has 0 spiro atoms. The third-order valence-corrected chi connectivity index (χ3v) is 4.47.